The molecule has 6 heteroatoms. The summed E-state index contributed by atoms with van der Waals surface area (Å²) in [7, 11) is 1.78. The predicted octanol–water partition coefficient (Wildman–Crippen LogP) is 0.209. The lowest BCUT2D eigenvalue weighted by Gasteiger charge is -2.08. The second-order valence-corrected chi connectivity index (χ2v) is 4.16. The van der Waals surface area contributed by atoms with E-state index >= 15 is 0 Å². The summed E-state index contributed by atoms with van der Waals surface area (Å²) in [5.74, 6) is 0.323. The maximum Gasteiger partial charge on any atom is 0.158 e. The molecule has 94 valence electrons. The topological polar surface area (TPSA) is 99.8 Å². The number of carbonyl (C=O) groups excluding carboxylic acids is 1. The minimum atomic E-state index is -0.659. The molecule has 2 aromatic heterocycles. The minimum absolute atomic E-state index is 0.0754. The number of aryl methyl sites for hydroxylation is 1. The number of Topliss-reactive ketones (excluding diaryl/α,β-unsaturated/α-hetero) is 1. The average molecular weight is 245 g/mol. The summed E-state index contributed by atoms with van der Waals surface area (Å²) in [5, 5.41) is 4.00. The third kappa shape index (κ3) is 2.72. The molecule has 4 N–H and O–H groups in total. The quantitative estimate of drug-likeness (QED) is 0.802. The number of carbonyl (C=O) groups is 1. The van der Waals surface area contributed by atoms with Crippen LogP contribution in [0.2, 0.25) is 0 Å². The Balaban J connectivity index is 2.08. The van der Waals surface area contributed by atoms with Gasteiger partial charge in [-0.3, -0.25) is 9.48 Å². The van der Waals surface area contributed by atoms with Crippen molar-refractivity contribution in [3.63, 3.8) is 0 Å². The van der Waals surface area contributed by atoms with Crippen molar-refractivity contribution in [1.82, 2.24) is 14.8 Å². The van der Waals surface area contributed by atoms with Gasteiger partial charge >= 0.3 is 0 Å². The van der Waals surface area contributed by atoms with Crippen molar-refractivity contribution in [2.75, 3.05) is 5.73 Å². The van der Waals surface area contributed by atoms with Crippen molar-refractivity contribution in [2.24, 2.45) is 12.8 Å². The van der Waals surface area contributed by atoms with E-state index in [2.05, 4.69) is 10.1 Å². The van der Waals surface area contributed by atoms with Crippen molar-refractivity contribution < 1.29 is 4.79 Å². The van der Waals surface area contributed by atoms with Gasteiger partial charge in [-0.15, -0.1) is 0 Å². The molecular weight excluding hydrogens is 230 g/mol. The van der Waals surface area contributed by atoms with Crippen LogP contribution in [0.3, 0.4) is 0 Å². The van der Waals surface area contributed by atoms with Gasteiger partial charge < -0.3 is 11.5 Å². The Kier molecular flexibility index (Phi) is 3.38. The van der Waals surface area contributed by atoms with E-state index < -0.39 is 6.04 Å². The number of nitrogens with two attached hydrogens (primary N) is 2. The van der Waals surface area contributed by atoms with Crippen molar-refractivity contribution in [1.29, 1.82) is 0 Å². The van der Waals surface area contributed by atoms with Crippen LogP contribution in [0.4, 0.5) is 5.82 Å². The Labute approximate surface area is 105 Å². The Morgan fingerprint density at radius 1 is 1.56 bits per heavy atom. The molecular formula is C12H15N5O. The van der Waals surface area contributed by atoms with E-state index in [0.717, 1.165) is 5.56 Å². The van der Waals surface area contributed by atoms with Gasteiger partial charge in [0.05, 0.1) is 12.2 Å². The van der Waals surface area contributed by atoms with Crippen LogP contribution in [0.15, 0.2) is 30.7 Å². The van der Waals surface area contributed by atoms with Crippen LogP contribution in [0, 0.1) is 0 Å². The van der Waals surface area contributed by atoms with Gasteiger partial charge in [0.25, 0.3) is 0 Å². The summed E-state index contributed by atoms with van der Waals surface area (Å²) in [6, 6.07) is 2.77. The fourth-order valence-electron chi connectivity index (χ4n) is 1.70. The van der Waals surface area contributed by atoms with Gasteiger partial charge in [0, 0.05) is 31.4 Å². The highest BCUT2D eigenvalue weighted by Gasteiger charge is 2.17. The third-order valence-electron chi connectivity index (χ3n) is 2.65. The molecule has 2 rings (SSSR count). The molecule has 2 heterocycles. The summed E-state index contributed by atoms with van der Waals surface area (Å²) in [6.45, 7) is 0. The van der Waals surface area contributed by atoms with Gasteiger partial charge in [-0.1, -0.05) is 0 Å². The highest BCUT2D eigenvalue weighted by Crippen LogP contribution is 2.13. The van der Waals surface area contributed by atoms with E-state index in [1.807, 2.05) is 0 Å². The van der Waals surface area contributed by atoms with E-state index in [0.29, 0.717) is 11.4 Å². The van der Waals surface area contributed by atoms with Crippen molar-refractivity contribution in [2.45, 2.75) is 12.5 Å². The van der Waals surface area contributed by atoms with Gasteiger partial charge in [-0.05, 0) is 17.7 Å². The minimum Gasteiger partial charge on any atom is -0.384 e. The highest BCUT2D eigenvalue weighted by molar-refractivity contribution is 5.87. The molecule has 1 atom stereocenters. The lowest BCUT2D eigenvalue weighted by atomic mass is 10.0. The number of pyridine rings is 1. The zero-order valence-electron chi connectivity index (χ0n) is 10.1. The van der Waals surface area contributed by atoms with Crippen molar-refractivity contribution >= 4 is 11.6 Å². The zero-order chi connectivity index (χ0) is 13.1. The number of ketones is 1. The fourth-order valence-corrected chi connectivity index (χ4v) is 1.70. The predicted molar refractivity (Wildman–Crippen MR) is 67.5 cm³/mol. The molecule has 18 heavy (non-hydrogen) atoms. The number of anilines is 1. The lowest BCUT2D eigenvalue weighted by Crippen LogP contribution is -2.22. The molecule has 0 fully saturated rings. The molecule has 1 unspecified atom stereocenters. The van der Waals surface area contributed by atoms with Crippen LogP contribution in [-0.4, -0.2) is 20.5 Å². The number of hydrogen-bond donors (Lipinski definition) is 2. The molecule has 0 bridgehead atoms. The molecule has 0 saturated heterocycles. The van der Waals surface area contributed by atoms with E-state index in [4.69, 9.17) is 11.5 Å². The number of hydrogen-bond acceptors (Lipinski definition) is 5. The van der Waals surface area contributed by atoms with Crippen LogP contribution in [0.1, 0.15) is 17.2 Å². The molecule has 2 aromatic rings. The first-order chi connectivity index (χ1) is 8.56. The molecule has 6 nitrogen and oxygen atoms in total. The summed E-state index contributed by atoms with van der Waals surface area (Å²) < 4.78 is 1.62. The Morgan fingerprint density at radius 3 is 2.94 bits per heavy atom. The third-order valence-corrected chi connectivity index (χ3v) is 2.65. The smallest absolute Gasteiger partial charge is 0.158 e. The van der Waals surface area contributed by atoms with Gasteiger partial charge in [0.15, 0.2) is 5.78 Å². The van der Waals surface area contributed by atoms with Gasteiger partial charge in [-0.25, -0.2) is 4.98 Å². The number of aromatic nitrogens is 3. The molecule has 0 amide bonds. The van der Waals surface area contributed by atoms with E-state index in [1.165, 1.54) is 0 Å². The first-order valence-electron chi connectivity index (χ1n) is 5.53. The highest BCUT2D eigenvalue weighted by atomic mass is 16.1. The van der Waals surface area contributed by atoms with Crippen LogP contribution in [-0.2, 0) is 18.3 Å². The summed E-state index contributed by atoms with van der Waals surface area (Å²) in [5.41, 5.74) is 13.0. The average Bonchev–Trinajstić information content (AvgIpc) is 2.75. The van der Waals surface area contributed by atoms with Gasteiger partial charge in [0.1, 0.15) is 5.82 Å². The first kappa shape index (κ1) is 12.3. The van der Waals surface area contributed by atoms with Gasteiger partial charge in [-0.2, -0.15) is 5.10 Å². The van der Waals surface area contributed by atoms with E-state index in [-0.39, 0.29) is 12.2 Å². The SMILES string of the molecule is Cn1cc(C(N)C(=O)Cc2ccnc(N)c2)cn1. The maximum absolute atomic E-state index is 12.0. The lowest BCUT2D eigenvalue weighted by molar-refractivity contribution is -0.119. The molecule has 0 saturated carbocycles. The first-order valence-corrected chi connectivity index (χ1v) is 5.53. The summed E-state index contributed by atoms with van der Waals surface area (Å²) in [4.78, 5) is 15.9. The second-order valence-electron chi connectivity index (χ2n) is 4.16. The molecule has 0 aromatic carbocycles. The van der Waals surface area contributed by atoms with Crippen LogP contribution in [0.5, 0.6) is 0 Å². The molecule has 0 aliphatic carbocycles. The molecule has 0 aliphatic rings. The second kappa shape index (κ2) is 4.97. The molecule has 0 radical (unpaired) electrons. The number of rotatable bonds is 4. The standard InChI is InChI=1S/C12H15N5O/c1-17-7-9(6-16-17)12(14)10(18)4-8-2-3-15-11(13)5-8/h2-3,5-7,12H,4,14H2,1H3,(H2,13,15). The van der Waals surface area contributed by atoms with Crippen LogP contribution < -0.4 is 11.5 Å². The monoisotopic (exact) mass is 245 g/mol. The molecule has 0 spiro atoms. The van der Waals surface area contributed by atoms with Gasteiger partial charge in [0.2, 0.25) is 0 Å². The Bertz CT molecular complexity index is 563. The zero-order valence-corrected chi connectivity index (χ0v) is 10.1. The van der Waals surface area contributed by atoms with Crippen LogP contribution in [0.25, 0.3) is 0 Å². The molecule has 0 aliphatic heterocycles. The summed E-state index contributed by atoms with van der Waals surface area (Å²) in [6.07, 6.45) is 5.16. The van der Waals surface area contributed by atoms with E-state index in [9.17, 15) is 4.79 Å². The van der Waals surface area contributed by atoms with Crippen molar-refractivity contribution in [3.8, 4) is 0 Å². The maximum atomic E-state index is 12.0. The Morgan fingerprint density at radius 2 is 2.33 bits per heavy atom. The summed E-state index contributed by atoms with van der Waals surface area (Å²) >= 11 is 0. The number of nitrogen functional groups attached to an aromatic ring is 1. The van der Waals surface area contributed by atoms with Crippen LogP contribution >= 0.6 is 0 Å². The fraction of sp³-hybridized carbons (Fsp3) is 0.250. The normalized spacial score (nSPS) is 12.3. The van der Waals surface area contributed by atoms with Crippen molar-refractivity contribution in [3.05, 3.63) is 41.9 Å². The number of nitrogens with zero attached hydrogens (tertiary/aromatic N) is 3. The Hall–Kier alpha value is -2.21. The van der Waals surface area contributed by atoms with E-state index in [1.54, 1.807) is 42.5 Å². The largest absolute Gasteiger partial charge is 0.384 e.